The summed E-state index contributed by atoms with van der Waals surface area (Å²) in [5.74, 6) is -1.80. The lowest BCUT2D eigenvalue weighted by Gasteiger charge is -2.13. The normalized spacial score (nSPS) is 14.1. The van der Waals surface area contributed by atoms with Gasteiger partial charge >= 0.3 is 5.97 Å². The van der Waals surface area contributed by atoms with Crippen LogP contribution in [0.1, 0.15) is 13.3 Å². The Morgan fingerprint density at radius 2 is 2.29 bits per heavy atom. The molecule has 2 atom stereocenters. The van der Waals surface area contributed by atoms with Crippen LogP contribution in [0.5, 0.6) is 0 Å². The van der Waals surface area contributed by atoms with Gasteiger partial charge in [-0.15, -0.1) is 0 Å². The number of hydrogen-bond acceptors (Lipinski definition) is 5. The van der Waals surface area contributed by atoms with Gasteiger partial charge in [0.2, 0.25) is 0 Å². The molecule has 0 rings (SSSR count). The molecule has 0 aliphatic rings. The van der Waals surface area contributed by atoms with Gasteiger partial charge in [-0.3, -0.25) is 4.79 Å². The zero-order valence-corrected chi connectivity index (χ0v) is 8.03. The van der Waals surface area contributed by atoms with Crippen LogP contribution in [-0.4, -0.2) is 26.0 Å². The van der Waals surface area contributed by atoms with E-state index >= 15 is 0 Å². The first-order valence-corrected chi connectivity index (χ1v) is 4.06. The van der Waals surface area contributed by atoms with E-state index in [9.17, 15) is 9.32 Å². The molecular weight excluding hydrogens is 193 g/mol. The molecule has 0 aromatic carbocycles. The van der Waals surface area contributed by atoms with Crippen LogP contribution in [-0.2, 0) is 19.2 Å². The first-order chi connectivity index (χ1) is 6.69. The van der Waals surface area contributed by atoms with Gasteiger partial charge in [-0.25, -0.2) is 0 Å². The third-order valence-corrected chi connectivity index (χ3v) is 1.52. The van der Waals surface area contributed by atoms with E-state index in [4.69, 9.17) is 10.00 Å². The zero-order chi connectivity index (χ0) is 11.0. The molecule has 5 nitrogen and oxygen atoms in total. The van der Waals surface area contributed by atoms with E-state index in [2.05, 4.69) is 9.68 Å². The van der Waals surface area contributed by atoms with Crippen molar-refractivity contribution in [2.24, 2.45) is 5.92 Å². The lowest BCUT2D eigenvalue weighted by atomic mass is 10.1. The Morgan fingerprint density at radius 1 is 1.64 bits per heavy atom. The maximum Gasteiger partial charge on any atom is 0.323 e. The highest BCUT2D eigenvalue weighted by atomic mass is 19.3. The first-order valence-electron chi connectivity index (χ1n) is 4.06. The Kier molecular flexibility index (Phi) is 6.62. The van der Waals surface area contributed by atoms with Gasteiger partial charge in [0, 0.05) is 13.0 Å². The molecule has 0 saturated carbocycles. The summed E-state index contributed by atoms with van der Waals surface area (Å²) in [5, 5.41) is 8.56. The van der Waals surface area contributed by atoms with Crippen molar-refractivity contribution in [1.29, 1.82) is 5.26 Å². The molecule has 14 heavy (non-hydrogen) atoms. The van der Waals surface area contributed by atoms with Crippen molar-refractivity contribution in [2.75, 3.05) is 13.7 Å². The number of esters is 1. The molecular formula is C8H12FNO4. The Balaban J connectivity index is 4.15. The van der Waals surface area contributed by atoms with E-state index in [1.165, 1.54) is 0 Å². The van der Waals surface area contributed by atoms with Crippen LogP contribution in [0.15, 0.2) is 0 Å². The van der Waals surface area contributed by atoms with Crippen LogP contribution in [0.25, 0.3) is 0 Å². The van der Waals surface area contributed by atoms with Gasteiger partial charge in [0.15, 0.2) is 6.29 Å². The van der Waals surface area contributed by atoms with E-state index in [0.29, 0.717) is 0 Å². The molecule has 0 fully saturated rings. The molecule has 6 heteroatoms. The molecule has 0 bridgehead atoms. The Bertz CT molecular complexity index is 216. The second-order valence-corrected chi connectivity index (χ2v) is 2.41. The minimum Gasteiger partial charge on any atom is -0.468 e. The van der Waals surface area contributed by atoms with Crippen LogP contribution >= 0.6 is 0 Å². The second-order valence-electron chi connectivity index (χ2n) is 2.41. The summed E-state index contributed by atoms with van der Waals surface area (Å²) in [6.45, 7) is 1.87. The SMILES string of the molecule is CCOC(CC(C#N)C(=O)OC)OF. The van der Waals surface area contributed by atoms with Gasteiger partial charge < -0.3 is 9.47 Å². The fraction of sp³-hybridized carbons (Fsp3) is 0.750. The van der Waals surface area contributed by atoms with Gasteiger partial charge in [0.25, 0.3) is 0 Å². The number of nitrogens with zero attached hydrogens (tertiary/aromatic N) is 1. The van der Waals surface area contributed by atoms with E-state index < -0.39 is 18.2 Å². The van der Waals surface area contributed by atoms with Gasteiger partial charge in [-0.2, -0.15) is 10.2 Å². The van der Waals surface area contributed by atoms with Gasteiger partial charge in [0.1, 0.15) is 5.92 Å². The largest absolute Gasteiger partial charge is 0.468 e. The Morgan fingerprint density at radius 3 is 2.64 bits per heavy atom. The summed E-state index contributed by atoms with van der Waals surface area (Å²) in [5.41, 5.74) is 0. The highest BCUT2D eigenvalue weighted by Crippen LogP contribution is 2.12. The van der Waals surface area contributed by atoms with E-state index in [-0.39, 0.29) is 13.0 Å². The molecule has 0 saturated heterocycles. The predicted octanol–water partition coefficient (Wildman–Crippen LogP) is 0.953. The fourth-order valence-electron chi connectivity index (χ4n) is 0.852. The predicted molar refractivity (Wildman–Crippen MR) is 43.3 cm³/mol. The fourth-order valence-corrected chi connectivity index (χ4v) is 0.852. The number of halogens is 1. The minimum atomic E-state index is -1.20. The number of nitriles is 1. The van der Waals surface area contributed by atoms with Crippen molar-refractivity contribution in [3.05, 3.63) is 0 Å². The third kappa shape index (κ3) is 4.16. The monoisotopic (exact) mass is 205 g/mol. The quantitative estimate of drug-likeness (QED) is 0.477. The van der Waals surface area contributed by atoms with Crippen molar-refractivity contribution in [3.8, 4) is 6.07 Å². The van der Waals surface area contributed by atoms with Crippen molar-refractivity contribution in [2.45, 2.75) is 19.6 Å². The van der Waals surface area contributed by atoms with Gasteiger partial charge in [-0.1, -0.05) is 0 Å². The lowest BCUT2D eigenvalue weighted by Crippen LogP contribution is -2.23. The number of rotatable bonds is 6. The second kappa shape index (κ2) is 7.24. The summed E-state index contributed by atoms with van der Waals surface area (Å²) in [6.07, 6.45) is -1.39. The van der Waals surface area contributed by atoms with E-state index in [0.717, 1.165) is 7.11 Å². The van der Waals surface area contributed by atoms with Crippen molar-refractivity contribution in [3.63, 3.8) is 0 Å². The standard InChI is InChI=1S/C8H12FNO4/c1-3-13-7(14-9)4-6(5-10)8(11)12-2/h6-7H,3-4H2,1-2H3. The highest BCUT2D eigenvalue weighted by molar-refractivity contribution is 5.74. The van der Waals surface area contributed by atoms with Gasteiger partial charge in [0.05, 0.1) is 13.2 Å². The number of carbonyl (C=O) groups is 1. The first kappa shape index (κ1) is 12.8. The molecule has 0 heterocycles. The zero-order valence-electron chi connectivity index (χ0n) is 8.03. The molecule has 0 aliphatic carbocycles. The summed E-state index contributed by atoms with van der Waals surface area (Å²) in [7, 11) is 1.15. The van der Waals surface area contributed by atoms with Crippen LogP contribution in [0.3, 0.4) is 0 Å². The van der Waals surface area contributed by atoms with Crippen LogP contribution in [0.4, 0.5) is 4.53 Å². The van der Waals surface area contributed by atoms with Gasteiger partial charge in [-0.05, 0) is 11.4 Å². The summed E-state index contributed by atoms with van der Waals surface area (Å²) in [6, 6.07) is 1.67. The number of ether oxygens (including phenoxy) is 2. The van der Waals surface area contributed by atoms with E-state index in [1.807, 2.05) is 0 Å². The lowest BCUT2D eigenvalue weighted by molar-refractivity contribution is -0.277. The van der Waals surface area contributed by atoms with Crippen LogP contribution in [0.2, 0.25) is 0 Å². The van der Waals surface area contributed by atoms with Crippen LogP contribution < -0.4 is 0 Å². The molecule has 0 aliphatic heterocycles. The molecule has 0 spiro atoms. The maximum atomic E-state index is 11.8. The van der Waals surface area contributed by atoms with Crippen molar-refractivity contribution < 1.29 is 23.7 Å². The number of carbonyl (C=O) groups excluding carboxylic acids is 1. The average Bonchev–Trinajstić information content (AvgIpc) is 2.23. The molecule has 2 unspecified atom stereocenters. The summed E-state index contributed by atoms with van der Waals surface area (Å²) >= 11 is 0. The summed E-state index contributed by atoms with van der Waals surface area (Å²) in [4.78, 5) is 14.4. The minimum absolute atomic E-state index is 0.187. The molecule has 0 aromatic rings. The molecule has 80 valence electrons. The number of hydrogen-bond donors (Lipinski definition) is 0. The smallest absolute Gasteiger partial charge is 0.323 e. The summed E-state index contributed by atoms with van der Waals surface area (Å²) < 4.78 is 20.9. The average molecular weight is 205 g/mol. The molecule has 0 aromatic heterocycles. The topological polar surface area (TPSA) is 68.5 Å². The third-order valence-electron chi connectivity index (χ3n) is 1.52. The van der Waals surface area contributed by atoms with Crippen molar-refractivity contribution >= 4 is 5.97 Å². The highest BCUT2D eigenvalue weighted by Gasteiger charge is 2.24. The molecule has 0 amide bonds. The molecule has 0 radical (unpaired) electrons. The maximum absolute atomic E-state index is 11.8. The van der Waals surface area contributed by atoms with Crippen LogP contribution in [0, 0.1) is 17.2 Å². The Labute approximate surface area is 81.3 Å². The van der Waals surface area contributed by atoms with Crippen molar-refractivity contribution in [1.82, 2.24) is 0 Å². The molecule has 0 N–H and O–H groups in total. The Hall–Kier alpha value is -1.19. The number of methoxy groups -OCH3 is 1. The van der Waals surface area contributed by atoms with E-state index in [1.54, 1.807) is 13.0 Å².